The molecule has 1 N–H and O–H groups in total. The predicted molar refractivity (Wildman–Crippen MR) is 70.9 cm³/mol. The Hall–Kier alpha value is -0.900. The van der Waals surface area contributed by atoms with Crippen LogP contribution < -0.4 is 5.32 Å². The molecule has 2 nitrogen and oxygen atoms in total. The monoisotopic (exact) mass is 301 g/mol. The van der Waals surface area contributed by atoms with Gasteiger partial charge in [-0.1, -0.05) is 22.0 Å². The van der Waals surface area contributed by atoms with Gasteiger partial charge >= 0.3 is 0 Å². The minimum Gasteiger partial charge on any atom is -0.355 e. The summed E-state index contributed by atoms with van der Waals surface area (Å²) in [6.45, 7) is 6.02. The average molecular weight is 302 g/mol. The first-order chi connectivity index (χ1) is 7.80. The molecule has 0 atom stereocenters. The average Bonchev–Trinajstić information content (AvgIpc) is 2.19. The van der Waals surface area contributed by atoms with E-state index in [1.807, 2.05) is 6.92 Å². The van der Waals surface area contributed by atoms with Gasteiger partial charge in [0, 0.05) is 6.54 Å². The highest BCUT2D eigenvalue weighted by Gasteiger charge is 2.22. The summed E-state index contributed by atoms with van der Waals surface area (Å²) in [6.07, 6.45) is 0.709. The number of hydrogen-bond acceptors (Lipinski definition) is 1. The Labute approximate surface area is 110 Å². The summed E-state index contributed by atoms with van der Waals surface area (Å²) in [4.78, 5) is 11.6. The van der Waals surface area contributed by atoms with Crippen molar-refractivity contribution < 1.29 is 9.18 Å². The van der Waals surface area contributed by atoms with E-state index in [9.17, 15) is 9.18 Å². The molecule has 0 heterocycles. The molecule has 0 spiro atoms. The third kappa shape index (κ3) is 4.46. The SMILES string of the molecule is Cc1cc(F)ccc1CCNC(=O)C(C)(C)Br. The molecule has 0 bridgehead atoms. The first-order valence-electron chi connectivity index (χ1n) is 5.53. The van der Waals surface area contributed by atoms with Gasteiger partial charge in [-0.25, -0.2) is 4.39 Å². The summed E-state index contributed by atoms with van der Waals surface area (Å²) in [7, 11) is 0. The maximum atomic E-state index is 12.9. The van der Waals surface area contributed by atoms with Crippen LogP contribution in [0.25, 0.3) is 0 Å². The van der Waals surface area contributed by atoms with Crippen molar-refractivity contribution in [1.29, 1.82) is 0 Å². The summed E-state index contributed by atoms with van der Waals surface area (Å²) in [5.74, 6) is -0.269. The van der Waals surface area contributed by atoms with Crippen LogP contribution in [-0.2, 0) is 11.2 Å². The molecule has 0 aliphatic heterocycles. The third-order valence-electron chi connectivity index (χ3n) is 2.52. The molecule has 0 saturated heterocycles. The quantitative estimate of drug-likeness (QED) is 0.851. The molecule has 17 heavy (non-hydrogen) atoms. The zero-order valence-electron chi connectivity index (χ0n) is 10.3. The molecular formula is C13H17BrFNO. The molecule has 0 aliphatic carbocycles. The largest absolute Gasteiger partial charge is 0.355 e. The summed E-state index contributed by atoms with van der Waals surface area (Å²) in [5, 5.41) is 2.83. The molecule has 1 amide bonds. The van der Waals surface area contributed by atoms with Crippen LogP contribution in [0, 0.1) is 12.7 Å². The van der Waals surface area contributed by atoms with Crippen LogP contribution in [0.1, 0.15) is 25.0 Å². The third-order valence-corrected chi connectivity index (χ3v) is 2.88. The summed E-state index contributed by atoms with van der Waals surface area (Å²) >= 11 is 3.29. The highest BCUT2D eigenvalue weighted by molar-refractivity contribution is 9.10. The van der Waals surface area contributed by atoms with Gasteiger partial charge in [-0.15, -0.1) is 0 Å². The highest BCUT2D eigenvalue weighted by Crippen LogP contribution is 2.15. The zero-order valence-corrected chi connectivity index (χ0v) is 11.9. The second kappa shape index (κ2) is 5.63. The summed E-state index contributed by atoms with van der Waals surface area (Å²) < 4.78 is 12.3. The van der Waals surface area contributed by atoms with Gasteiger partial charge in [0.1, 0.15) is 5.82 Å². The lowest BCUT2D eigenvalue weighted by molar-refractivity contribution is -0.122. The van der Waals surface area contributed by atoms with Crippen molar-refractivity contribution in [3.63, 3.8) is 0 Å². The Kier molecular flexibility index (Phi) is 4.69. The standard InChI is InChI=1S/C13H17BrFNO/c1-9-8-11(15)5-4-10(9)6-7-16-12(17)13(2,3)14/h4-5,8H,6-7H2,1-3H3,(H,16,17). The number of halogens is 2. The van der Waals surface area contributed by atoms with E-state index in [4.69, 9.17) is 0 Å². The first-order valence-corrected chi connectivity index (χ1v) is 6.32. The Balaban J connectivity index is 2.49. The molecule has 0 unspecified atom stereocenters. The number of benzene rings is 1. The van der Waals surface area contributed by atoms with E-state index in [-0.39, 0.29) is 11.7 Å². The van der Waals surface area contributed by atoms with Crippen LogP contribution in [0.4, 0.5) is 4.39 Å². The fourth-order valence-electron chi connectivity index (χ4n) is 1.46. The number of nitrogens with one attached hydrogen (secondary N) is 1. The van der Waals surface area contributed by atoms with Gasteiger partial charge in [0.05, 0.1) is 4.32 Å². The second-order valence-corrected chi connectivity index (χ2v) is 6.53. The number of amides is 1. The molecule has 0 aliphatic rings. The van der Waals surface area contributed by atoms with Crippen molar-refractivity contribution in [1.82, 2.24) is 5.32 Å². The molecule has 0 radical (unpaired) electrons. The molecule has 0 saturated carbocycles. The van der Waals surface area contributed by atoms with Gasteiger partial charge in [0.15, 0.2) is 0 Å². The van der Waals surface area contributed by atoms with Gasteiger partial charge in [-0.3, -0.25) is 4.79 Å². The van der Waals surface area contributed by atoms with E-state index in [0.29, 0.717) is 13.0 Å². The van der Waals surface area contributed by atoms with Crippen molar-refractivity contribution in [3.05, 3.63) is 35.1 Å². The van der Waals surface area contributed by atoms with Crippen molar-refractivity contribution in [3.8, 4) is 0 Å². The van der Waals surface area contributed by atoms with E-state index in [1.54, 1.807) is 19.9 Å². The van der Waals surface area contributed by atoms with Crippen LogP contribution in [0.15, 0.2) is 18.2 Å². The predicted octanol–water partition coefficient (Wildman–Crippen LogP) is 2.97. The molecular weight excluding hydrogens is 285 g/mol. The smallest absolute Gasteiger partial charge is 0.236 e. The van der Waals surface area contributed by atoms with Crippen molar-refractivity contribution in [2.75, 3.05) is 6.54 Å². The summed E-state index contributed by atoms with van der Waals surface area (Å²) in [6, 6.07) is 4.71. The number of hydrogen-bond donors (Lipinski definition) is 1. The normalized spacial score (nSPS) is 11.4. The van der Waals surface area contributed by atoms with Gasteiger partial charge in [0.25, 0.3) is 0 Å². The topological polar surface area (TPSA) is 29.1 Å². The number of carbonyl (C=O) groups is 1. The fourth-order valence-corrected chi connectivity index (χ4v) is 1.60. The van der Waals surface area contributed by atoms with Crippen molar-refractivity contribution >= 4 is 21.8 Å². The van der Waals surface area contributed by atoms with Crippen molar-refractivity contribution in [2.24, 2.45) is 0 Å². The lowest BCUT2D eigenvalue weighted by Gasteiger charge is -2.16. The van der Waals surface area contributed by atoms with Crippen molar-refractivity contribution in [2.45, 2.75) is 31.5 Å². The maximum Gasteiger partial charge on any atom is 0.236 e. The Morgan fingerprint density at radius 1 is 1.47 bits per heavy atom. The van der Waals surface area contributed by atoms with Crippen LogP contribution in [0.3, 0.4) is 0 Å². The van der Waals surface area contributed by atoms with E-state index >= 15 is 0 Å². The van der Waals surface area contributed by atoms with Crippen LogP contribution in [0.2, 0.25) is 0 Å². The van der Waals surface area contributed by atoms with Gasteiger partial charge < -0.3 is 5.32 Å². The lowest BCUT2D eigenvalue weighted by Crippen LogP contribution is -2.38. The van der Waals surface area contributed by atoms with E-state index in [1.165, 1.54) is 12.1 Å². The minimum absolute atomic E-state index is 0.0442. The molecule has 1 rings (SSSR count). The van der Waals surface area contributed by atoms with Gasteiger partial charge in [0.2, 0.25) is 5.91 Å². The lowest BCUT2D eigenvalue weighted by atomic mass is 10.1. The van der Waals surface area contributed by atoms with Crippen LogP contribution in [-0.4, -0.2) is 16.8 Å². The minimum atomic E-state index is -0.551. The molecule has 94 valence electrons. The maximum absolute atomic E-state index is 12.9. The number of aryl methyl sites for hydroxylation is 1. The molecule has 4 heteroatoms. The number of carbonyl (C=O) groups excluding carboxylic acids is 1. The molecule has 0 aromatic heterocycles. The van der Waals surface area contributed by atoms with E-state index in [0.717, 1.165) is 11.1 Å². The Morgan fingerprint density at radius 3 is 2.65 bits per heavy atom. The number of rotatable bonds is 4. The van der Waals surface area contributed by atoms with E-state index in [2.05, 4.69) is 21.2 Å². The fraction of sp³-hybridized carbons (Fsp3) is 0.462. The zero-order chi connectivity index (χ0) is 13.1. The molecule has 1 aromatic carbocycles. The summed E-state index contributed by atoms with van der Waals surface area (Å²) in [5.41, 5.74) is 1.97. The molecule has 0 fully saturated rings. The Bertz CT molecular complexity index is 412. The van der Waals surface area contributed by atoms with Crippen LogP contribution in [0.5, 0.6) is 0 Å². The van der Waals surface area contributed by atoms with Gasteiger partial charge in [-0.2, -0.15) is 0 Å². The Morgan fingerprint density at radius 2 is 2.12 bits per heavy atom. The second-order valence-electron chi connectivity index (χ2n) is 4.55. The van der Waals surface area contributed by atoms with Crippen LogP contribution >= 0.6 is 15.9 Å². The number of alkyl halides is 1. The van der Waals surface area contributed by atoms with Gasteiger partial charge in [-0.05, 0) is 50.5 Å². The first kappa shape index (κ1) is 14.2. The van der Waals surface area contributed by atoms with E-state index < -0.39 is 4.32 Å². The highest BCUT2D eigenvalue weighted by atomic mass is 79.9. The molecule has 1 aromatic rings.